The average Bonchev–Trinajstić information content (AvgIpc) is 2.85. The number of carbonyl (C=O) groups is 1. The molecule has 0 atom stereocenters. The standard InChI is InChI=1S/C11H13ClN4OS/c1-6-9(7(2)16(3)15-6)10(17)14-11-13-8(4-12)5-18-11/h5H,4H2,1-3H3,(H,13,14,17). The molecule has 0 unspecified atom stereocenters. The highest BCUT2D eigenvalue weighted by atomic mass is 35.5. The van der Waals surface area contributed by atoms with Crippen LogP contribution in [0, 0.1) is 13.8 Å². The Labute approximate surface area is 114 Å². The number of alkyl halides is 1. The molecule has 1 N–H and O–H groups in total. The molecule has 0 bridgehead atoms. The zero-order chi connectivity index (χ0) is 13.3. The van der Waals surface area contributed by atoms with Gasteiger partial charge in [0.05, 0.1) is 22.8 Å². The molecule has 0 radical (unpaired) electrons. The van der Waals surface area contributed by atoms with Crippen LogP contribution in [0.4, 0.5) is 5.13 Å². The fourth-order valence-corrected chi connectivity index (χ4v) is 2.62. The molecule has 2 aromatic rings. The number of rotatable bonds is 3. The zero-order valence-corrected chi connectivity index (χ0v) is 11.9. The maximum absolute atomic E-state index is 12.1. The number of hydrogen-bond donors (Lipinski definition) is 1. The summed E-state index contributed by atoms with van der Waals surface area (Å²) in [5.74, 6) is 0.158. The van der Waals surface area contributed by atoms with Crippen molar-refractivity contribution in [1.29, 1.82) is 0 Å². The molecule has 0 aliphatic rings. The molecule has 5 nitrogen and oxygen atoms in total. The quantitative estimate of drug-likeness (QED) is 0.881. The van der Waals surface area contributed by atoms with Gasteiger partial charge in [-0.2, -0.15) is 5.10 Å². The first kappa shape index (κ1) is 13.0. The summed E-state index contributed by atoms with van der Waals surface area (Å²) in [6.45, 7) is 3.68. The van der Waals surface area contributed by atoms with Crippen molar-refractivity contribution in [2.45, 2.75) is 19.7 Å². The highest BCUT2D eigenvalue weighted by molar-refractivity contribution is 7.14. The van der Waals surface area contributed by atoms with Crippen molar-refractivity contribution in [3.63, 3.8) is 0 Å². The van der Waals surface area contributed by atoms with E-state index in [4.69, 9.17) is 11.6 Å². The van der Waals surface area contributed by atoms with E-state index in [1.54, 1.807) is 4.68 Å². The fraction of sp³-hybridized carbons (Fsp3) is 0.364. The number of carbonyl (C=O) groups excluding carboxylic acids is 1. The van der Waals surface area contributed by atoms with E-state index in [2.05, 4.69) is 15.4 Å². The van der Waals surface area contributed by atoms with Gasteiger partial charge in [0.15, 0.2) is 5.13 Å². The summed E-state index contributed by atoms with van der Waals surface area (Å²) in [5.41, 5.74) is 2.90. The number of aryl methyl sites for hydroxylation is 2. The number of thiazole rings is 1. The Morgan fingerprint density at radius 2 is 2.28 bits per heavy atom. The lowest BCUT2D eigenvalue weighted by Gasteiger charge is -2.01. The Kier molecular flexibility index (Phi) is 3.68. The van der Waals surface area contributed by atoms with Crippen molar-refractivity contribution in [3.8, 4) is 0 Å². The summed E-state index contributed by atoms with van der Waals surface area (Å²) in [6, 6.07) is 0. The first-order valence-corrected chi connectivity index (χ1v) is 6.76. The van der Waals surface area contributed by atoms with Crippen LogP contribution in [0.3, 0.4) is 0 Å². The van der Waals surface area contributed by atoms with Crippen molar-refractivity contribution in [2.24, 2.45) is 7.05 Å². The third kappa shape index (κ3) is 2.39. The van der Waals surface area contributed by atoms with E-state index in [0.717, 1.165) is 11.4 Å². The average molecular weight is 285 g/mol. The molecule has 96 valence electrons. The number of amides is 1. The maximum Gasteiger partial charge on any atom is 0.261 e. The molecular formula is C11H13ClN4OS. The van der Waals surface area contributed by atoms with Crippen molar-refractivity contribution < 1.29 is 4.79 Å². The van der Waals surface area contributed by atoms with Crippen LogP contribution in [0.5, 0.6) is 0 Å². The molecule has 0 aromatic carbocycles. The molecule has 7 heteroatoms. The molecule has 0 spiro atoms. The van der Waals surface area contributed by atoms with Crippen molar-refractivity contribution >= 4 is 34.0 Å². The summed E-state index contributed by atoms with van der Waals surface area (Å²) in [5, 5.41) is 9.36. The van der Waals surface area contributed by atoms with Gasteiger partial charge in [0.25, 0.3) is 5.91 Å². The van der Waals surface area contributed by atoms with E-state index >= 15 is 0 Å². The number of halogens is 1. The minimum atomic E-state index is -0.187. The third-order valence-electron chi connectivity index (χ3n) is 2.65. The highest BCUT2D eigenvalue weighted by Crippen LogP contribution is 2.19. The van der Waals surface area contributed by atoms with Gasteiger partial charge in [0.1, 0.15) is 0 Å². The van der Waals surface area contributed by atoms with Crippen LogP contribution < -0.4 is 5.32 Å². The second kappa shape index (κ2) is 5.07. The Morgan fingerprint density at radius 1 is 1.56 bits per heavy atom. The molecule has 0 saturated heterocycles. The number of nitrogens with zero attached hydrogens (tertiary/aromatic N) is 3. The Hall–Kier alpha value is -1.40. The predicted octanol–water partition coefficient (Wildman–Crippen LogP) is 2.48. The molecule has 0 aliphatic carbocycles. The summed E-state index contributed by atoms with van der Waals surface area (Å²) in [6.07, 6.45) is 0. The van der Waals surface area contributed by atoms with Crippen LogP contribution in [0.15, 0.2) is 5.38 Å². The number of hydrogen-bond acceptors (Lipinski definition) is 4. The van der Waals surface area contributed by atoms with E-state index in [0.29, 0.717) is 22.3 Å². The second-order valence-electron chi connectivity index (χ2n) is 3.90. The van der Waals surface area contributed by atoms with E-state index in [1.165, 1.54) is 11.3 Å². The lowest BCUT2D eigenvalue weighted by molar-refractivity contribution is 0.102. The van der Waals surface area contributed by atoms with Crippen molar-refractivity contribution in [3.05, 3.63) is 28.0 Å². The van der Waals surface area contributed by atoms with Gasteiger partial charge in [-0.05, 0) is 13.8 Å². The lowest BCUT2D eigenvalue weighted by atomic mass is 10.2. The summed E-state index contributed by atoms with van der Waals surface area (Å²) in [4.78, 5) is 16.3. The molecule has 0 aliphatic heterocycles. The van der Waals surface area contributed by atoms with Crippen LogP contribution >= 0.6 is 22.9 Å². The fourth-order valence-electron chi connectivity index (χ4n) is 1.69. The molecule has 18 heavy (non-hydrogen) atoms. The smallest absolute Gasteiger partial charge is 0.261 e. The van der Waals surface area contributed by atoms with Gasteiger partial charge in [-0.25, -0.2) is 4.98 Å². The van der Waals surface area contributed by atoms with Crippen LogP contribution in [0.2, 0.25) is 0 Å². The van der Waals surface area contributed by atoms with Crippen LogP contribution in [0.25, 0.3) is 0 Å². The van der Waals surface area contributed by atoms with Crippen LogP contribution in [0.1, 0.15) is 27.4 Å². The molecule has 0 saturated carbocycles. The zero-order valence-electron chi connectivity index (χ0n) is 10.3. The second-order valence-corrected chi connectivity index (χ2v) is 5.03. The first-order valence-electron chi connectivity index (χ1n) is 5.35. The monoisotopic (exact) mass is 284 g/mol. The summed E-state index contributed by atoms with van der Waals surface area (Å²) in [7, 11) is 1.81. The predicted molar refractivity (Wildman–Crippen MR) is 72.3 cm³/mol. The number of nitrogens with one attached hydrogen (secondary N) is 1. The largest absolute Gasteiger partial charge is 0.298 e. The minimum absolute atomic E-state index is 0.187. The van der Waals surface area contributed by atoms with Crippen molar-refractivity contribution in [2.75, 3.05) is 5.32 Å². The Balaban J connectivity index is 2.21. The number of anilines is 1. The molecule has 2 aromatic heterocycles. The van der Waals surface area contributed by atoms with Gasteiger partial charge < -0.3 is 0 Å². The van der Waals surface area contributed by atoms with E-state index in [9.17, 15) is 4.79 Å². The first-order chi connectivity index (χ1) is 8.52. The van der Waals surface area contributed by atoms with Gasteiger partial charge in [-0.3, -0.25) is 14.8 Å². The van der Waals surface area contributed by atoms with E-state index in [-0.39, 0.29) is 5.91 Å². The van der Waals surface area contributed by atoms with Gasteiger partial charge >= 0.3 is 0 Å². The normalized spacial score (nSPS) is 10.7. The van der Waals surface area contributed by atoms with Crippen LogP contribution in [-0.2, 0) is 12.9 Å². The van der Waals surface area contributed by atoms with Crippen molar-refractivity contribution in [1.82, 2.24) is 14.8 Å². The topological polar surface area (TPSA) is 59.8 Å². The molecule has 2 heterocycles. The third-order valence-corrected chi connectivity index (χ3v) is 3.73. The summed E-state index contributed by atoms with van der Waals surface area (Å²) < 4.78 is 1.69. The maximum atomic E-state index is 12.1. The highest BCUT2D eigenvalue weighted by Gasteiger charge is 2.18. The Bertz CT molecular complexity index is 590. The summed E-state index contributed by atoms with van der Waals surface area (Å²) >= 11 is 7.03. The molecule has 1 amide bonds. The van der Waals surface area contributed by atoms with Gasteiger partial charge in [-0.15, -0.1) is 22.9 Å². The van der Waals surface area contributed by atoms with Gasteiger partial charge in [0, 0.05) is 18.1 Å². The molecular weight excluding hydrogens is 272 g/mol. The van der Waals surface area contributed by atoms with Gasteiger partial charge in [0.2, 0.25) is 0 Å². The van der Waals surface area contributed by atoms with Gasteiger partial charge in [-0.1, -0.05) is 0 Å². The molecule has 0 fully saturated rings. The lowest BCUT2D eigenvalue weighted by Crippen LogP contribution is -2.14. The minimum Gasteiger partial charge on any atom is -0.298 e. The van der Waals surface area contributed by atoms with Crippen LogP contribution in [-0.4, -0.2) is 20.7 Å². The Morgan fingerprint density at radius 3 is 2.78 bits per heavy atom. The number of aromatic nitrogens is 3. The van der Waals surface area contributed by atoms with E-state index in [1.807, 2.05) is 26.3 Å². The van der Waals surface area contributed by atoms with E-state index < -0.39 is 0 Å². The molecule has 2 rings (SSSR count). The SMILES string of the molecule is Cc1nn(C)c(C)c1C(=O)Nc1nc(CCl)cs1.